The van der Waals surface area contributed by atoms with Crippen molar-refractivity contribution in [2.45, 2.75) is 10.6 Å². The topological polar surface area (TPSA) is 24.4 Å². The van der Waals surface area contributed by atoms with Crippen LogP contribution >= 0.6 is 22.6 Å². The van der Waals surface area contributed by atoms with Crippen LogP contribution in [0.4, 0.5) is 0 Å². The fraction of sp³-hybridized carbons (Fsp3) is 0.0870. The summed E-state index contributed by atoms with van der Waals surface area (Å²) >= 11 is 2.40. The van der Waals surface area contributed by atoms with Gasteiger partial charge in [0.1, 0.15) is 6.17 Å². The van der Waals surface area contributed by atoms with Gasteiger partial charge in [0.2, 0.25) is 0 Å². The maximum absolute atomic E-state index is 5.00. The lowest BCUT2D eigenvalue weighted by molar-refractivity contribution is 0.663. The van der Waals surface area contributed by atoms with Crippen molar-refractivity contribution < 1.29 is 0 Å². The molecule has 3 aromatic carbocycles. The van der Waals surface area contributed by atoms with E-state index in [1.807, 2.05) is 12.1 Å². The smallest absolute Gasteiger partial charge is 0.145 e. The zero-order valence-corrected chi connectivity index (χ0v) is 16.4. The Morgan fingerprint density at radius 1 is 0.808 bits per heavy atom. The fourth-order valence-electron chi connectivity index (χ4n) is 3.09. The molecule has 26 heavy (non-hydrogen) atoms. The molecule has 1 aliphatic heterocycles. The Kier molecular flexibility index (Phi) is 5.16. The first-order valence-electron chi connectivity index (χ1n) is 8.65. The lowest BCUT2D eigenvalue weighted by Crippen LogP contribution is -2.24. The number of nitrogens with zero attached hydrogens (tertiary/aromatic N) is 1. The van der Waals surface area contributed by atoms with Gasteiger partial charge in [-0.2, -0.15) is 0 Å². The number of alkyl halides is 1. The predicted molar refractivity (Wildman–Crippen MR) is 117 cm³/mol. The summed E-state index contributed by atoms with van der Waals surface area (Å²) in [6, 6.07) is 29.5. The molecule has 1 N–H and O–H groups in total. The van der Waals surface area contributed by atoms with Crippen LogP contribution in [0.25, 0.3) is 5.70 Å². The molecule has 0 spiro atoms. The van der Waals surface area contributed by atoms with Crippen molar-refractivity contribution in [1.29, 1.82) is 0 Å². The summed E-state index contributed by atoms with van der Waals surface area (Å²) in [5.41, 5.74) is 6.92. The van der Waals surface area contributed by atoms with Crippen molar-refractivity contribution in [3.8, 4) is 0 Å². The molecule has 3 heteroatoms. The van der Waals surface area contributed by atoms with Gasteiger partial charge in [-0.3, -0.25) is 4.99 Å². The lowest BCUT2D eigenvalue weighted by atomic mass is 10.0. The summed E-state index contributed by atoms with van der Waals surface area (Å²) in [4.78, 5) is 5.00. The van der Waals surface area contributed by atoms with Crippen molar-refractivity contribution in [3.05, 3.63) is 113 Å². The molecule has 128 valence electrons. The van der Waals surface area contributed by atoms with Crippen molar-refractivity contribution in [2.75, 3.05) is 0 Å². The maximum Gasteiger partial charge on any atom is 0.145 e. The van der Waals surface area contributed by atoms with E-state index in [2.05, 4.69) is 107 Å². The van der Waals surface area contributed by atoms with E-state index in [0.29, 0.717) is 0 Å². The minimum Gasteiger partial charge on any atom is -0.360 e. The monoisotopic (exact) mass is 450 g/mol. The molecular weight excluding hydrogens is 431 g/mol. The summed E-state index contributed by atoms with van der Waals surface area (Å²) in [5, 5.41) is 3.61. The number of hydrogen-bond donors (Lipinski definition) is 1. The zero-order chi connectivity index (χ0) is 17.8. The van der Waals surface area contributed by atoms with Crippen LogP contribution in [-0.2, 0) is 4.43 Å². The van der Waals surface area contributed by atoms with Gasteiger partial charge >= 0.3 is 0 Å². The Hall–Kier alpha value is -2.40. The molecule has 0 fully saturated rings. The van der Waals surface area contributed by atoms with Crippen LogP contribution in [0, 0.1) is 0 Å². The third-order valence-electron chi connectivity index (χ3n) is 4.42. The highest BCUT2D eigenvalue weighted by atomic mass is 127. The molecule has 1 atom stereocenters. The molecule has 4 rings (SSSR count). The third-order valence-corrected chi connectivity index (χ3v) is 5.30. The predicted octanol–water partition coefficient (Wildman–Crippen LogP) is 5.75. The molecule has 0 aromatic heterocycles. The molecule has 0 saturated heterocycles. The van der Waals surface area contributed by atoms with Gasteiger partial charge in [0.25, 0.3) is 0 Å². The van der Waals surface area contributed by atoms with E-state index < -0.39 is 0 Å². The standard InChI is InChI=1S/C23H19IN2/c24-16-17-8-7-13-20(14-17)23-25-21(18-9-3-1-4-10-18)15-22(26-23)19-11-5-2-6-12-19/h1-15,23,25H,16H2. The Morgan fingerprint density at radius 3 is 2.19 bits per heavy atom. The van der Waals surface area contributed by atoms with Gasteiger partial charge in [0, 0.05) is 10.1 Å². The zero-order valence-electron chi connectivity index (χ0n) is 14.3. The molecule has 2 nitrogen and oxygen atoms in total. The first-order valence-corrected chi connectivity index (χ1v) is 10.2. The van der Waals surface area contributed by atoms with Crippen LogP contribution in [0.1, 0.15) is 28.4 Å². The third kappa shape index (κ3) is 3.73. The number of nitrogens with one attached hydrogen (secondary N) is 1. The number of aliphatic imine (C=N–C) groups is 1. The van der Waals surface area contributed by atoms with Crippen LogP contribution in [-0.4, -0.2) is 5.71 Å². The second-order valence-corrected chi connectivity index (χ2v) is 6.99. The number of rotatable bonds is 4. The van der Waals surface area contributed by atoms with E-state index in [4.69, 9.17) is 4.99 Å². The van der Waals surface area contributed by atoms with Crippen LogP contribution in [0.5, 0.6) is 0 Å². The van der Waals surface area contributed by atoms with Crippen LogP contribution in [0.2, 0.25) is 0 Å². The molecule has 0 radical (unpaired) electrons. The molecule has 0 bridgehead atoms. The summed E-state index contributed by atoms with van der Waals surface area (Å²) in [6.07, 6.45) is 2.05. The fourth-order valence-corrected chi connectivity index (χ4v) is 3.56. The summed E-state index contributed by atoms with van der Waals surface area (Å²) in [7, 11) is 0. The quantitative estimate of drug-likeness (QED) is 0.397. The highest BCUT2D eigenvalue weighted by Crippen LogP contribution is 2.27. The van der Waals surface area contributed by atoms with Crippen LogP contribution in [0.15, 0.2) is 96.0 Å². The minimum absolute atomic E-state index is 0.0895. The first-order chi connectivity index (χ1) is 12.8. The lowest BCUT2D eigenvalue weighted by Gasteiger charge is -2.25. The van der Waals surface area contributed by atoms with Crippen molar-refractivity contribution in [2.24, 2.45) is 4.99 Å². The van der Waals surface area contributed by atoms with Crippen molar-refractivity contribution in [1.82, 2.24) is 5.32 Å². The summed E-state index contributed by atoms with van der Waals surface area (Å²) < 4.78 is 0.995. The van der Waals surface area contributed by atoms with E-state index in [0.717, 1.165) is 21.4 Å². The highest BCUT2D eigenvalue weighted by molar-refractivity contribution is 14.1. The molecule has 3 aromatic rings. The molecule has 0 aliphatic carbocycles. The number of benzene rings is 3. The second-order valence-electron chi connectivity index (χ2n) is 6.23. The molecule has 0 saturated carbocycles. The van der Waals surface area contributed by atoms with Gasteiger partial charge in [-0.05, 0) is 28.3 Å². The molecular formula is C23H19IN2. The molecule has 0 amide bonds. The number of halogens is 1. The van der Waals surface area contributed by atoms with Gasteiger partial charge in [0.15, 0.2) is 0 Å². The summed E-state index contributed by atoms with van der Waals surface area (Å²) in [5.74, 6) is 0. The van der Waals surface area contributed by atoms with E-state index in [1.54, 1.807) is 0 Å². The second kappa shape index (κ2) is 7.87. The van der Waals surface area contributed by atoms with Gasteiger partial charge in [0.05, 0.1) is 5.71 Å². The normalized spacial score (nSPS) is 16.4. The van der Waals surface area contributed by atoms with E-state index in [-0.39, 0.29) is 6.17 Å². The first kappa shape index (κ1) is 17.0. The SMILES string of the molecule is ICc1cccc(C2N=C(c3ccccc3)C=C(c3ccccc3)N2)c1. The molecule has 1 heterocycles. The van der Waals surface area contributed by atoms with Gasteiger partial charge < -0.3 is 5.32 Å². The van der Waals surface area contributed by atoms with E-state index in [1.165, 1.54) is 16.7 Å². The Balaban J connectivity index is 1.78. The molecule has 1 unspecified atom stereocenters. The average molecular weight is 450 g/mol. The van der Waals surface area contributed by atoms with Crippen LogP contribution < -0.4 is 5.32 Å². The van der Waals surface area contributed by atoms with Crippen molar-refractivity contribution in [3.63, 3.8) is 0 Å². The Bertz CT molecular complexity index is 946. The largest absolute Gasteiger partial charge is 0.360 e. The number of allylic oxidation sites excluding steroid dienone is 1. The summed E-state index contributed by atoms with van der Waals surface area (Å²) in [6.45, 7) is 0. The number of hydrogen-bond acceptors (Lipinski definition) is 2. The minimum atomic E-state index is -0.0895. The Morgan fingerprint density at radius 2 is 1.50 bits per heavy atom. The van der Waals surface area contributed by atoms with Gasteiger partial charge in [-0.25, -0.2) is 0 Å². The van der Waals surface area contributed by atoms with E-state index >= 15 is 0 Å². The van der Waals surface area contributed by atoms with E-state index in [9.17, 15) is 0 Å². The Labute approximate surface area is 167 Å². The highest BCUT2D eigenvalue weighted by Gasteiger charge is 2.19. The maximum atomic E-state index is 5.00. The molecule has 1 aliphatic rings. The van der Waals surface area contributed by atoms with Gasteiger partial charge in [-0.1, -0.05) is 108 Å². The average Bonchev–Trinajstić information content (AvgIpc) is 2.75. The van der Waals surface area contributed by atoms with Gasteiger partial charge in [-0.15, -0.1) is 0 Å². The van der Waals surface area contributed by atoms with Crippen molar-refractivity contribution >= 4 is 34.0 Å². The van der Waals surface area contributed by atoms with Crippen LogP contribution in [0.3, 0.4) is 0 Å².